The van der Waals surface area contributed by atoms with Gasteiger partial charge in [-0.15, -0.1) is 0 Å². The minimum absolute atomic E-state index is 0.0764. The lowest BCUT2D eigenvalue weighted by molar-refractivity contribution is -0.121. The topological polar surface area (TPSA) is 85.2 Å². The zero-order valence-electron chi connectivity index (χ0n) is 21.3. The molecular formula is C26H42N4O3S. The van der Waals surface area contributed by atoms with Crippen molar-refractivity contribution in [3.05, 3.63) is 65.8 Å². The van der Waals surface area contributed by atoms with E-state index in [4.69, 9.17) is 4.74 Å². The molecule has 190 valence electrons. The molecule has 0 aliphatic carbocycles. The minimum atomic E-state index is -0.0764. The number of thioether (sulfide) groups is 1. The first-order valence-corrected chi connectivity index (χ1v) is 13.1. The third-order valence-corrected chi connectivity index (χ3v) is 6.54. The summed E-state index contributed by atoms with van der Waals surface area (Å²) in [5.74, 6) is 2.42. The maximum Gasteiger partial charge on any atom is 0.268 e. The van der Waals surface area contributed by atoms with Crippen LogP contribution in [0, 0.1) is 11.8 Å². The second-order valence-corrected chi connectivity index (χ2v) is 10.3. The third-order valence-electron chi connectivity index (χ3n) is 5.21. The van der Waals surface area contributed by atoms with E-state index in [1.807, 2.05) is 25.3 Å². The lowest BCUT2D eigenvalue weighted by Gasteiger charge is -2.12. The maximum atomic E-state index is 10.5. The van der Waals surface area contributed by atoms with Gasteiger partial charge in [0, 0.05) is 43.9 Å². The van der Waals surface area contributed by atoms with Crippen LogP contribution in [0.1, 0.15) is 53.4 Å². The monoisotopic (exact) mass is 490 g/mol. The third kappa shape index (κ3) is 14.6. The number of ether oxygens (including phenoxy) is 1. The Balaban J connectivity index is 0.000000213. The van der Waals surface area contributed by atoms with Crippen LogP contribution in [0.15, 0.2) is 60.3 Å². The number of amides is 1. The van der Waals surface area contributed by atoms with E-state index < -0.39 is 0 Å². The SMILES string of the molecule is C[C@@H]1CC=CNC1.C[C@@H]1CCCS1.C[C@H]1C=CNC1=O.C[C@H]1CC=CO1.Cn1ccncc1=O. The number of hydrogen-bond donors (Lipinski definition) is 2. The van der Waals surface area contributed by atoms with Gasteiger partial charge in [-0.25, -0.2) is 0 Å². The molecule has 4 aliphatic rings. The molecule has 2 N–H and O–H groups in total. The van der Waals surface area contributed by atoms with Crippen molar-refractivity contribution in [1.82, 2.24) is 20.2 Å². The van der Waals surface area contributed by atoms with E-state index in [0.717, 1.165) is 24.1 Å². The molecule has 1 fully saturated rings. The molecule has 5 heterocycles. The average Bonchev–Trinajstić information content (AvgIpc) is 3.58. The van der Waals surface area contributed by atoms with Crippen molar-refractivity contribution in [2.45, 2.75) is 64.7 Å². The average molecular weight is 491 g/mol. The number of aryl methyl sites for hydroxylation is 1. The zero-order valence-corrected chi connectivity index (χ0v) is 22.1. The van der Waals surface area contributed by atoms with Gasteiger partial charge in [0.05, 0.1) is 24.5 Å². The first kappa shape index (κ1) is 29.6. The smallest absolute Gasteiger partial charge is 0.268 e. The van der Waals surface area contributed by atoms with Crippen molar-refractivity contribution in [1.29, 1.82) is 0 Å². The molecule has 0 radical (unpaired) electrons. The lowest BCUT2D eigenvalue weighted by Crippen LogP contribution is -2.18. The summed E-state index contributed by atoms with van der Waals surface area (Å²) in [7, 11) is 1.68. The number of carbonyl (C=O) groups excluding carboxylic acids is 1. The van der Waals surface area contributed by atoms with Crippen LogP contribution in [0.4, 0.5) is 0 Å². The largest absolute Gasteiger partial charge is 0.498 e. The molecule has 1 aromatic heterocycles. The molecule has 0 unspecified atom stereocenters. The molecule has 34 heavy (non-hydrogen) atoms. The Bertz CT molecular complexity index is 823. The molecular weight excluding hydrogens is 448 g/mol. The molecule has 1 saturated heterocycles. The van der Waals surface area contributed by atoms with Crippen LogP contribution in [-0.2, 0) is 16.6 Å². The van der Waals surface area contributed by atoms with Crippen LogP contribution in [-0.4, -0.2) is 39.1 Å². The molecule has 7 nitrogen and oxygen atoms in total. The van der Waals surface area contributed by atoms with Crippen molar-refractivity contribution in [2.24, 2.45) is 18.9 Å². The molecule has 1 aromatic rings. The second kappa shape index (κ2) is 17.9. The fourth-order valence-electron chi connectivity index (χ4n) is 2.87. The number of nitrogens with one attached hydrogen (secondary N) is 2. The minimum Gasteiger partial charge on any atom is -0.498 e. The fourth-order valence-corrected chi connectivity index (χ4v) is 3.94. The number of carbonyl (C=O) groups is 1. The van der Waals surface area contributed by atoms with Crippen molar-refractivity contribution >= 4 is 17.7 Å². The Morgan fingerprint density at radius 1 is 1.12 bits per heavy atom. The van der Waals surface area contributed by atoms with Crippen LogP contribution in [0.25, 0.3) is 0 Å². The highest BCUT2D eigenvalue weighted by Crippen LogP contribution is 2.24. The summed E-state index contributed by atoms with van der Waals surface area (Å²) in [6.07, 6.45) is 21.6. The molecule has 1 amide bonds. The summed E-state index contributed by atoms with van der Waals surface area (Å²) in [6, 6.07) is 0. The van der Waals surface area contributed by atoms with Crippen LogP contribution in [0.3, 0.4) is 0 Å². The van der Waals surface area contributed by atoms with Crippen LogP contribution in [0.5, 0.6) is 0 Å². The quantitative estimate of drug-likeness (QED) is 0.561. The van der Waals surface area contributed by atoms with E-state index in [9.17, 15) is 9.59 Å². The van der Waals surface area contributed by atoms with Gasteiger partial charge in [-0.2, -0.15) is 11.8 Å². The summed E-state index contributed by atoms with van der Waals surface area (Å²) in [5.41, 5.74) is -0.0764. The molecule has 4 atom stereocenters. The molecule has 0 bridgehead atoms. The first-order chi connectivity index (χ1) is 16.3. The van der Waals surface area contributed by atoms with Crippen molar-refractivity contribution in [3.63, 3.8) is 0 Å². The Kier molecular flexibility index (Phi) is 15.6. The van der Waals surface area contributed by atoms with Crippen LogP contribution < -0.4 is 16.2 Å². The number of aromatic nitrogens is 2. The number of rotatable bonds is 0. The number of nitrogens with zero attached hydrogens (tertiary/aromatic N) is 2. The van der Waals surface area contributed by atoms with Gasteiger partial charge in [-0.1, -0.05) is 32.9 Å². The highest BCUT2D eigenvalue weighted by Gasteiger charge is 2.11. The molecule has 4 aliphatic heterocycles. The number of allylic oxidation sites excluding steroid dienone is 1. The number of hydrogen-bond acceptors (Lipinski definition) is 6. The summed E-state index contributed by atoms with van der Waals surface area (Å²) >= 11 is 2.10. The van der Waals surface area contributed by atoms with Gasteiger partial charge in [-0.05, 0) is 50.1 Å². The predicted octanol–water partition coefficient (Wildman–Crippen LogP) is 4.39. The van der Waals surface area contributed by atoms with Gasteiger partial charge in [0.25, 0.3) is 5.56 Å². The summed E-state index contributed by atoms with van der Waals surface area (Å²) in [4.78, 5) is 24.5. The highest BCUT2D eigenvalue weighted by molar-refractivity contribution is 8.00. The van der Waals surface area contributed by atoms with Gasteiger partial charge < -0.3 is 19.9 Å². The van der Waals surface area contributed by atoms with E-state index in [-0.39, 0.29) is 17.4 Å². The molecule has 0 saturated carbocycles. The zero-order chi connectivity index (χ0) is 25.2. The Hall–Kier alpha value is -2.48. The summed E-state index contributed by atoms with van der Waals surface area (Å²) in [6.45, 7) is 9.61. The lowest BCUT2D eigenvalue weighted by atomic mass is 10.1. The Labute approximate surface area is 209 Å². The maximum absolute atomic E-state index is 10.5. The fraction of sp³-hybridized carbons (Fsp3) is 0.577. The second-order valence-electron chi connectivity index (χ2n) is 8.71. The summed E-state index contributed by atoms with van der Waals surface area (Å²) in [5, 5.41) is 6.67. The van der Waals surface area contributed by atoms with E-state index >= 15 is 0 Å². The molecule has 0 aromatic carbocycles. The first-order valence-electron chi connectivity index (χ1n) is 12.0. The van der Waals surface area contributed by atoms with E-state index in [2.05, 4.69) is 54.2 Å². The van der Waals surface area contributed by atoms with E-state index in [0.29, 0.717) is 6.10 Å². The standard InChI is InChI=1S/C6H11N.C5H6N2O.C5H7NO.C5H8O.C5H10S/c1-6-3-2-4-7-5-6;1-7-3-2-6-4-5(7)8;1-4-2-3-6-5(4)7;2*1-5-3-2-4-6-5/h2,4,6-7H,3,5H2,1H3;2-4H,1H3;2-4H,1H3,(H,6,7);2,4-5H,3H2,1H3;5H,2-4H2,1H3/t6-;;4-;2*5-/m1.001/s1. The van der Waals surface area contributed by atoms with Crippen LogP contribution >= 0.6 is 11.8 Å². The molecule has 8 heteroatoms. The van der Waals surface area contributed by atoms with Gasteiger partial charge in [0.1, 0.15) is 0 Å². The Morgan fingerprint density at radius 2 is 1.91 bits per heavy atom. The highest BCUT2D eigenvalue weighted by atomic mass is 32.2. The van der Waals surface area contributed by atoms with Gasteiger partial charge in [0.15, 0.2) is 0 Å². The van der Waals surface area contributed by atoms with Crippen LogP contribution in [0.2, 0.25) is 0 Å². The van der Waals surface area contributed by atoms with Crippen molar-refractivity contribution in [3.8, 4) is 0 Å². The van der Waals surface area contributed by atoms with E-state index in [1.165, 1.54) is 35.8 Å². The van der Waals surface area contributed by atoms with Crippen molar-refractivity contribution < 1.29 is 9.53 Å². The summed E-state index contributed by atoms with van der Waals surface area (Å²) < 4.78 is 6.44. The molecule has 0 spiro atoms. The van der Waals surface area contributed by atoms with E-state index in [1.54, 1.807) is 31.9 Å². The Morgan fingerprint density at radius 3 is 2.15 bits per heavy atom. The van der Waals surface area contributed by atoms with Gasteiger partial charge in [0.2, 0.25) is 5.91 Å². The predicted molar refractivity (Wildman–Crippen MR) is 142 cm³/mol. The normalized spacial score (nSPS) is 25.5. The molecule has 5 rings (SSSR count). The van der Waals surface area contributed by atoms with Crippen molar-refractivity contribution in [2.75, 3.05) is 12.3 Å². The van der Waals surface area contributed by atoms with Gasteiger partial charge >= 0.3 is 0 Å². The van der Waals surface area contributed by atoms with Gasteiger partial charge in [-0.3, -0.25) is 14.6 Å².